The molecule has 2 aromatic rings. The van der Waals surface area contributed by atoms with Gasteiger partial charge >= 0.3 is 0 Å². The SMILES string of the molecule is CCCCN(C)c1ccc(C(=O)NCc2cccc(C)c2)nc1. The molecule has 0 aliphatic heterocycles. The van der Waals surface area contributed by atoms with Crippen LogP contribution in [0.4, 0.5) is 5.69 Å². The number of benzene rings is 1. The smallest absolute Gasteiger partial charge is 0.270 e. The number of rotatable bonds is 7. The topological polar surface area (TPSA) is 45.2 Å². The molecule has 0 unspecified atom stereocenters. The number of nitrogens with one attached hydrogen (secondary N) is 1. The number of carbonyl (C=O) groups excluding carboxylic acids is 1. The van der Waals surface area contributed by atoms with Gasteiger partial charge in [-0.25, -0.2) is 4.98 Å². The lowest BCUT2D eigenvalue weighted by Crippen LogP contribution is -2.24. The van der Waals surface area contributed by atoms with Crippen LogP contribution in [0.25, 0.3) is 0 Å². The Morgan fingerprint density at radius 2 is 2.09 bits per heavy atom. The van der Waals surface area contributed by atoms with Crippen LogP contribution in [-0.2, 0) is 6.54 Å². The summed E-state index contributed by atoms with van der Waals surface area (Å²) in [7, 11) is 2.05. The third-order valence-electron chi connectivity index (χ3n) is 3.80. The number of nitrogens with zero attached hydrogens (tertiary/aromatic N) is 2. The number of hydrogen-bond donors (Lipinski definition) is 1. The lowest BCUT2D eigenvalue weighted by Gasteiger charge is -2.18. The number of anilines is 1. The highest BCUT2D eigenvalue weighted by Gasteiger charge is 2.08. The number of pyridine rings is 1. The Morgan fingerprint density at radius 1 is 1.26 bits per heavy atom. The molecule has 0 saturated heterocycles. The van der Waals surface area contributed by atoms with Gasteiger partial charge in [0.15, 0.2) is 0 Å². The minimum Gasteiger partial charge on any atom is -0.373 e. The van der Waals surface area contributed by atoms with Gasteiger partial charge in [-0.15, -0.1) is 0 Å². The molecule has 1 heterocycles. The second-order valence-electron chi connectivity index (χ2n) is 5.85. The zero-order valence-corrected chi connectivity index (χ0v) is 14.2. The Hall–Kier alpha value is -2.36. The van der Waals surface area contributed by atoms with E-state index in [1.165, 1.54) is 5.56 Å². The maximum atomic E-state index is 12.2. The van der Waals surface area contributed by atoms with Crippen molar-refractivity contribution in [2.24, 2.45) is 0 Å². The van der Waals surface area contributed by atoms with Crippen LogP contribution in [0.2, 0.25) is 0 Å². The first-order valence-corrected chi connectivity index (χ1v) is 8.11. The number of hydrogen-bond acceptors (Lipinski definition) is 3. The van der Waals surface area contributed by atoms with Crippen LogP contribution in [0.3, 0.4) is 0 Å². The molecule has 0 saturated carbocycles. The van der Waals surface area contributed by atoms with Gasteiger partial charge in [0.2, 0.25) is 0 Å². The summed E-state index contributed by atoms with van der Waals surface area (Å²) in [6.07, 6.45) is 4.07. The van der Waals surface area contributed by atoms with Crippen LogP contribution in [0.5, 0.6) is 0 Å². The molecule has 1 N–H and O–H groups in total. The Bertz CT molecular complexity index is 637. The monoisotopic (exact) mass is 311 g/mol. The summed E-state index contributed by atoms with van der Waals surface area (Å²) < 4.78 is 0. The van der Waals surface area contributed by atoms with Crippen molar-refractivity contribution >= 4 is 11.6 Å². The number of aryl methyl sites for hydroxylation is 1. The van der Waals surface area contributed by atoms with E-state index < -0.39 is 0 Å². The molecule has 0 fully saturated rings. The molecule has 1 aromatic heterocycles. The van der Waals surface area contributed by atoms with E-state index in [0.717, 1.165) is 30.6 Å². The van der Waals surface area contributed by atoms with Gasteiger partial charge in [-0.05, 0) is 31.0 Å². The molecule has 23 heavy (non-hydrogen) atoms. The fraction of sp³-hybridized carbons (Fsp3) is 0.368. The standard InChI is InChI=1S/C19H25N3O/c1-4-5-11-22(3)17-9-10-18(20-14-17)19(23)21-13-16-8-6-7-15(2)12-16/h6-10,12,14H,4-5,11,13H2,1-3H3,(H,21,23). The van der Waals surface area contributed by atoms with E-state index in [9.17, 15) is 4.79 Å². The third kappa shape index (κ3) is 5.09. The van der Waals surface area contributed by atoms with Gasteiger partial charge in [0, 0.05) is 20.1 Å². The van der Waals surface area contributed by atoms with Crippen LogP contribution >= 0.6 is 0 Å². The summed E-state index contributed by atoms with van der Waals surface area (Å²) >= 11 is 0. The van der Waals surface area contributed by atoms with Crippen molar-refractivity contribution in [2.75, 3.05) is 18.5 Å². The molecule has 122 valence electrons. The summed E-state index contributed by atoms with van der Waals surface area (Å²) in [5, 5.41) is 2.91. The van der Waals surface area contributed by atoms with Crippen LogP contribution < -0.4 is 10.2 Å². The quantitative estimate of drug-likeness (QED) is 0.850. The van der Waals surface area contributed by atoms with Crippen molar-refractivity contribution < 1.29 is 4.79 Å². The van der Waals surface area contributed by atoms with Crippen molar-refractivity contribution in [3.8, 4) is 0 Å². The van der Waals surface area contributed by atoms with Gasteiger partial charge in [0.05, 0.1) is 11.9 Å². The Kier molecular flexibility index (Phi) is 6.15. The number of carbonyl (C=O) groups is 1. The summed E-state index contributed by atoms with van der Waals surface area (Å²) in [6, 6.07) is 11.8. The fourth-order valence-corrected chi connectivity index (χ4v) is 2.37. The molecule has 1 aromatic carbocycles. The van der Waals surface area contributed by atoms with Gasteiger partial charge < -0.3 is 10.2 Å². The van der Waals surface area contributed by atoms with Gasteiger partial charge in [0.1, 0.15) is 5.69 Å². The zero-order chi connectivity index (χ0) is 16.7. The molecule has 2 rings (SSSR count). The first-order valence-electron chi connectivity index (χ1n) is 8.11. The average molecular weight is 311 g/mol. The molecule has 4 heteroatoms. The van der Waals surface area contributed by atoms with Crippen molar-refractivity contribution in [1.82, 2.24) is 10.3 Å². The molecular weight excluding hydrogens is 286 g/mol. The normalized spacial score (nSPS) is 10.4. The second-order valence-corrected chi connectivity index (χ2v) is 5.85. The largest absolute Gasteiger partial charge is 0.373 e. The maximum Gasteiger partial charge on any atom is 0.270 e. The summed E-state index contributed by atoms with van der Waals surface area (Å²) in [5.74, 6) is -0.144. The molecular formula is C19H25N3O. The lowest BCUT2D eigenvalue weighted by atomic mass is 10.1. The minimum absolute atomic E-state index is 0.144. The van der Waals surface area contributed by atoms with E-state index in [-0.39, 0.29) is 5.91 Å². The van der Waals surface area contributed by atoms with E-state index in [1.807, 2.05) is 38.2 Å². The predicted molar refractivity (Wildman–Crippen MR) is 94.8 cm³/mol. The fourth-order valence-electron chi connectivity index (χ4n) is 2.37. The summed E-state index contributed by atoms with van der Waals surface area (Å²) in [4.78, 5) is 18.6. The van der Waals surface area contributed by atoms with Gasteiger partial charge in [-0.2, -0.15) is 0 Å². The highest BCUT2D eigenvalue weighted by Crippen LogP contribution is 2.12. The predicted octanol–water partition coefficient (Wildman–Crippen LogP) is 3.56. The van der Waals surface area contributed by atoms with Gasteiger partial charge in [-0.3, -0.25) is 4.79 Å². The maximum absolute atomic E-state index is 12.2. The first kappa shape index (κ1) is 17.0. The van der Waals surface area contributed by atoms with E-state index in [1.54, 1.807) is 12.3 Å². The average Bonchev–Trinajstić information content (AvgIpc) is 2.57. The van der Waals surface area contributed by atoms with E-state index in [0.29, 0.717) is 12.2 Å². The van der Waals surface area contributed by atoms with Gasteiger partial charge in [0.25, 0.3) is 5.91 Å². The lowest BCUT2D eigenvalue weighted by molar-refractivity contribution is 0.0946. The van der Waals surface area contributed by atoms with Crippen molar-refractivity contribution in [3.05, 3.63) is 59.4 Å². The van der Waals surface area contributed by atoms with E-state index in [4.69, 9.17) is 0 Å². The Labute approximate surface area is 138 Å². The first-order chi connectivity index (χ1) is 11.1. The molecule has 0 spiro atoms. The van der Waals surface area contributed by atoms with Gasteiger partial charge in [-0.1, -0.05) is 43.2 Å². The van der Waals surface area contributed by atoms with Crippen LogP contribution in [0.15, 0.2) is 42.6 Å². The highest BCUT2D eigenvalue weighted by atomic mass is 16.1. The minimum atomic E-state index is -0.144. The molecule has 0 radical (unpaired) electrons. The van der Waals surface area contributed by atoms with Crippen molar-refractivity contribution in [1.29, 1.82) is 0 Å². The third-order valence-corrected chi connectivity index (χ3v) is 3.80. The molecule has 0 aliphatic rings. The summed E-state index contributed by atoms with van der Waals surface area (Å²) in [5.41, 5.74) is 3.77. The van der Waals surface area contributed by atoms with Crippen LogP contribution in [0.1, 0.15) is 41.4 Å². The van der Waals surface area contributed by atoms with Crippen molar-refractivity contribution in [3.63, 3.8) is 0 Å². The molecule has 4 nitrogen and oxygen atoms in total. The van der Waals surface area contributed by atoms with Crippen LogP contribution in [0, 0.1) is 6.92 Å². The van der Waals surface area contributed by atoms with Crippen molar-refractivity contribution in [2.45, 2.75) is 33.2 Å². The zero-order valence-electron chi connectivity index (χ0n) is 14.2. The molecule has 1 amide bonds. The number of aromatic nitrogens is 1. The Morgan fingerprint density at radius 3 is 2.74 bits per heavy atom. The Balaban J connectivity index is 1.92. The number of unbranched alkanes of at least 4 members (excludes halogenated alkanes) is 1. The second kappa shape index (κ2) is 8.32. The molecule has 0 aliphatic carbocycles. The molecule has 0 bridgehead atoms. The highest BCUT2D eigenvalue weighted by molar-refractivity contribution is 5.92. The molecule has 0 atom stereocenters. The summed E-state index contributed by atoms with van der Waals surface area (Å²) in [6.45, 7) is 5.73. The van der Waals surface area contributed by atoms with E-state index in [2.05, 4.69) is 28.2 Å². The van der Waals surface area contributed by atoms with E-state index >= 15 is 0 Å². The number of amides is 1. The van der Waals surface area contributed by atoms with Crippen LogP contribution in [-0.4, -0.2) is 24.5 Å².